The molecule has 4 rings (SSSR count). The van der Waals surface area contributed by atoms with Gasteiger partial charge in [-0.25, -0.2) is 0 Å². The van der Waals surface area contributed by atoms with Crippen LogP contribution in [0.2, 0.25) is 0 Å². The van der Waals surface area contributed by atoms with Crippen LogP contribution >= 0.6 is 0 Å². The molecule has 1 N–H and O–H groups in total. The first kappa shape index (κ1) is 21.3. The second kappa shape index (κ2) is 9.46. The van der Waals surface area contributed by atoms with Crippen molar-refractivity contribution in [2.75, 3.05) is 13.1 Å². The third kappa shape index (κ3) is 5.04. The minimum absolute atomic E-state index is 0.0970. The number of aliphatic hydroxyl groups is 1. The number of carbonyl (C=O) groups excluding carboxylic acids is 1. The van der Waals surface area contributed by atoms with Crippen molar-refractivity contribution in [1.29, 1.82) is 0 Å². The van der Waals surface area contributed by atoms with E-state index in [9.17, 15) is 9.90 Å². The summed E-state index contributed by atoms with van der Waals surface area (Å²) in [5.74, 6) is 0.846. The fourth-order valence-electron chi connectivity index (χ4n) is 4.18. The van der Waals surface area contributed by atoms with Crippen LogP contribution in [0, 0.1) is 0 Å². The van der Waals surface area contributed by atoms with Crippen molar-refractivity contribution < 1.29 is 14.6 Å². The highest BCUT2D eigenvalue weighted by molar-refractivity contribution is 5.99. The molecule has 0 spiro atoms. The molecule has 31 heavy (non-hydrogen) atoms. The fourth-order valence-corrected chi connectivity index (χ4v) is 4.18. The predicted molar refractivity (Wildman–Crippen MR) is 122 cm³/mol. The molecule has 0 amide bonds. The molecule has 1 fully saturated rings. The maximum absolute atomic E-state index is 13.0. The lowest BCUT2D eigenvalue weighted by molar-refractivity contribution is -0.0318. The van der Waals surface area contributed by atoms with Gasteiger partial charge in [-0.05, 0) is 55.2 Å². The molecule has 1 unspecified atom stereocenters. The number of nitrogens with zero attached hydrogens (tertiary/aromatic N) is 1. The Kier molecular flexibility index (Phi) is 6.50. The first-order valence-corrected chi connectivity index (χ1v) is 10.9. The van der Waals surface area contributed by atoms with Gasteiger partial charge in [0, 0.05) is 18.7 Å². The van der Waals surface area contributed by atoms with Crippen molar-refractivity contribution in [3.63, 3.8) is 0 Å². The van der Waals surface area contributed by atoms with Gasteiger partial charge >= 0.3 is 0 Å². The number of ether oxygens (including phenoxy) is 1. The fraction of sp³-hybridized carbons (Fsp3) is 0.296. The molecule has 0 aromatic heterocycles. The Hall–Kier alpha value is -2.95. The normalized spacial score (nSPS) is 17.1. The summed E-state index contributed by atoms with van der Waals surface area (Å²) in [5, 5.41) is 11.0. The Balaban J connectivity index is 1.33. The summed E-state index contributed by atoms with van der Waals surface area (Å²) in [6.07, 6.45) is 1.25. The Morgan fingerprint density at radius 3 is 2.13 bits per heavy atom. The van der Waals surface area contributed by atoms with Gasteiger partial charge < -0.3 is 9.84 Å². The number of rotatable bonds is 7. The second-order valence-electron chi connectivity index (χ2n) is 8.27. The highest BCUT2D eigenvalue weighted by Crippen LogP contribution is 2.33. The smallest absolute Gasteiger partial charge is 0.179 e. The number of ketones is 1. The van der Waals surface area contributed by atoms with Gasteiger partial charge in [0.15, 0.2) is 5.78 Å². The maximum atomic E-state index is 13.0. The van der Waals surface area contributed by atoms with E-state index in [0.29, 0.717) is 38.1 Å². The molecule has 0 aliphatic carbocycles. The van der Waals surface area contributed by atoms with Crippen LogP contribution < -0.4 is 4.74 Å². The number of hydrogen-bond acceptors (Lipinski definition) is 4. The van der Waals surface area contributed by atoms with E-state index in [2.05, 4.69) is 4.90 Å². The zero-order chi connectivity index (χ0) is 21.7. The van der Waals surface area contributed by atoms with Crippen LogP contribution in [0.3, 0.4) is 0 Å². The van der Waals surface area contributed by atoms with Crippen LogP contribution in [0.15, 0.2) is 84.9 Å². The average Bonchev–Trinajstić information content (AvgIpc) is 2.84. The molecular weight excluding hydrogens is 388 g/mol. The second-order valence-corrected chi connectivity index (χ2v) is 8.27. The van der Waals surface area contributed by atoms with Gasteiger partial charge in [-0.2, -0.15) is 0 Å². The van der Waals surface area contributed by atoms with Crippen molar-refractivity contribution in [2.45, 2.75) is 38.0 Å². The number of likely N-dealkylation sites (tertiary alicyclic amines) is 1. The lowest BCUT2D eigenvalue weighted by Gasteiger charge is -2.40. The van der Waals surface area contributed by atoms with Gasteiger partial charge in [-0.15, -0.1) is 0 Å². The molecule has 160 valence electrons. The van der Waals surface area contributed by atoms with Crippen molar-refractivity contribution in [2.24, 2.45) is 0 Å². The van der Waals surface area contributed by atoms with Crippen LogP contribution in [0.5, 0.6) is 5.75 Å². The van der Waals surface area contributed by atoms with Crippen LogP contribution in [0.4, 0.5) is 0 Å². The number of carbonyl (C=O) groups is 1. The maximum Gasteiger partial charge on any atom is 0.179 e. The zero-order valence-corrected chi connectivity index (χ0v) is 17.9. The van der Waals surface area contributed by atoms with E-state index in [0.717, 1.165) is 16.9 Å². The van der Waals surface area contributed by atoms with Crippen LogP contribution in [0.25, 0.3) is 0 Å². The van der Waals surface area contributed by atoms with Gasteiger partial charge in [0.2, 0.25) is 0 Å². The monoisotopic (exact) mass is 417 g/mol. The predicted octanol–water partition coefficient (Wildman–Crippen LogP) is 4.82. The summed E-state index contributed by atoms with van der Waals surface area (Å²) in [7, 11) is 0. The first-order valence-electron chi connectivity index (χ1n) is 10.9. The number of hydrogen-bond donors (Lipinski definition) is 1. The molecule has 0 saturated carbocycles. The van der Waals surface area contributed by atoms with Crippen molar-refractivity contribution >= 4 is 5.78 Å². The lowest BCUT2D eigenvalue weighted by Crippen LogP contribution is -2.48. The highest BCUT2D eigenvalue weighted by Gasteiger charge is 2.36. The van der Waals surface area contributed by atoms with Gasteiger partial charge in [0.25, 0.3) is 0 Å². The molecule has 1 heterocycles. The SMILES string of the molecule is [14CH3]C(C(=O)c1ccc(OCc2ccccc2)cc1)N1CCC(O)(c2ccccc2)CC1. The van der Waals surface area contributed by atoms with Crippen LogP contribution in [-0.4, -0.2) is 34.9 Å². The zero-order valence-electron chi connectivity index (χ0n) is 17.9. The van der Waals surface area contributed by atoms with E-state index in [-0.39, 0.29) is 11.8 Å². The van der Waals surface area contributed by atoms with Gasteiger partial charge in [0.05, 0.1) is 11.6 Å². The van der Waals surface area contributed by atoms with E-state index >= 15 is 0 Å². The standard InChI is InChI=1S/C27H29NO3/c1-21(28-18-16-27(30,17-19-28)24-10-6-3-7-11-24)26(29)23-12-14-25(15-13-23)31-20-22-8-4-2-5-9-22/h2-15,21,30H,16-20H2,1H3/i1+2. The van der Waals surface area contributed by atoms with E-state index < -0.39 is 5.60 Å². The molecule has 3 aromatic carbocycles. The van der Waals surface area contributed by atoms with Crippen LogP contribution in [-0.2, 0) is 12.2 Å². The summed E-state index contributed by atoms with van der Waals surface area (Å²) in [6, 6.07) is 27.0. The van der Waals surface area contributed by atoms with Crippen molar-refractivity contribution in [1.82, 2.24) is 4.90 Å². The molecule has 1 aliphatic rings. The van der Waals surface area contributed by atoms with Gasteiger partial charge in [0.1, 0.15) is 12.4 Å². The molecular formula is C27H29NO3. The van der Waals surface area contributed by atoms with Crippen molar-refractivity contribution in [3.05, 3.63) is 102 Å². The summed E-state index contributed by atoms with van der Waals surface area (Å²) in [5.41, 5.74) is 1.94. The summed E-state index contributed by atoms with van der Waals surface area (Å²) in [6.45, 7) is 3.84. The lowest BCUT2D eigenvalue weighted by atomic mass is 9.84. The van der Waals surface area contributed by atoms with Crippen molar-refractivity contribution in [3.8, 4) is 5.75 Å². The Morgan fingerprint density at radius 1 is 0.935 bits per heavy atom. The molecule has 1 atom stereocenters. The summed E-state index contributed by atoms with van der Waals surface area (Å²) < 4.78 is 5.82. The molecule has 1 saturated heterocycles. The van der Waals surface area contributed by atoms with E-state index in [1.807, 2.05) is 91.9 Å². The third-order valence-electron chi connectivity index (χ3n) is 6.25. The number of benzene rings is 3. The third-order valence-corrected chi connectivity index (χ3v) is 6.25. The Bertz CT molecular complexity index is 978. The van der Waals surface area contributed by atoms with E-state index in [4.69, 9.17) is 4.74 Å². The number of piperidine rings is 1. The summed E-state index contributed by atoms with van der Waals surface area (Å²) in [4.78, 5) is 15.2. The molecule has 0 radical (unpaired) electrons. The number of Topliss-reactive ketones (excluding diaryl/α,β-unsaturated/α-hetero) is 1. The van der Waals surface area contributed by atoms with Gasteiger partial charge in [-0.3, -0.25) is 9.69 Å². The molecule has 4 heteroatoms. The Labute approximate surface area is 184 Å². The Morgan fingerprint density at radius 2 is 1.52 bits per heavy atom. The van der Waals surface area contributed by atoms with E-state index in [1.54, 1.807) is 0 Å². The highest BCUT2D eigenvalue weighted by atomic mass is 16.5. The topological polar surface area (TPSA) is 49.8 Å². The molecule has 4 nitrogen and oxygen atoms in total. The average molecular weight is 418 g/mol. The molecule has 0 bridgehead atoms. The van der Waals surface area contributed by atoms with E-state index in [1.165, 1.54) is 0 Å². The molecule has 3 aromatic rings. The largest absolute Gasteiger partial charge is 0.489 e. The first-order chi connectivity index (χ1) is 15.0. The summed E-state index contributed by atoms with van der Waals surface area (Å²) >= 11 is 0. The quantitative estimate of drug-likeness (QED) is 0.560. The van der Waals surface area contributed by atoms with Crippen LogP contribution in [0.1, 0.15) is 41.3 Å². The minimum atomic E-state index is -0.807. The molecule has 1 aliphatic heterocycles. The minimum Gasteiger partial charge on any atom is -0.489 e. The van der Waals surface area contributed by atoms with Gasteiger partial charge in [-0.1, -0.05) is 60.7 Å².